The zero-order valence-corrected chi connectivity index (χ0v) is 13.9. The summed E-state index contributed by atoms with van der Waals surface area (Å²) in [6.45, 7) is 2.03. The van der Waals surface area contributed by atoms with Gasteiger partial charge in [-0.05, 0) is 48.7 Å². The summed E-state index contributed by atoms with van der Waals surface area (Å²) in [5.41, 5.74) is 6.89. The normalized spacial score (nSPS) is 12.2. The zero-order valence-electron chi connectivity index (χ0n) is 11.6. The van der Waals surface area contributed by atoms with Gasteiger partial charge in [-0.3, -0.25) is 0 Å². The molecule has 0 fully saturated rings. The van der Waals surface area contributed by atoms with E-state index in [0.717, 1.165) is 16.5 Å². The van der Waals surface area contributed by atoms with Crippen LogP contribution in [0, 0.1) is 5.82 Å². The lowest BCUT2D eigenvalue weighted by Crippen LogP contribution is -2.21. The van der Waals surface area contributed by atoms with Crippen LogP contribution >= 0.6 is 27.5 Å². The summed E-state index contributed by atoms with van der Waals surface area (Å²) < 4.78 is 19.9. The maximum atomic E-state index is 13.7. The highest BCUT2D eigenvalue weighted by atomic mass is 79.9. The van der Waals surface area contributed by atoms with E-state index in [1.165, 1.54) is 6.07 Å². The highest BCUT2D eigenvalue weighted by molar-refractivity contribution is 9.10. The molecule has 0 aliphatic carbocycles. The van der Waals surface area contributed by atoms with Gasteiger partial charge in [-0.15, -0.1) is 0 Å². The Morgan fingerprint density at radius 1 is 1.29 bits per heavy atom. The van der Waals surface area contributed by atoms with Gasteiger partial charge in [0.25, 0.3) is 0 Å². The first-order valence-corrected chi connectivity index (χ1v) is 7.83. The molecule has 0 aliphatic rings. The molecule has 0 radical (unpaired) electrons. The Balaban J connectivity index is 2.18. The molecule has 2 aromatic carbocycles. The fourth-order valence-electron chi connectivity index (χ4n) is 1.87. The molecule has 1 atom stereocenters. The fraction of sp³-hybridized carbons (Fsp3) is 0.250. The van der Waals surface area contributed by atoms with Crippen molar-refractivity contribution in [2.45, 2.75) is 25.8 Å². The predicted octanol–water partition coefficient (Wildman–Crippen LogP) is 5.31. The number of hydrogen-bond donors (Lipinski definition) is 1. The van der Waals surface area contributed by atoms with Crippen molar-refractivity contribution >= 4 is 27.5 Å². The van der Waals surface area contributed by atoms with Crippen molar-refractivity contribution in [3.8, 4) is 11.5 Å². The van der Waals surface area contributed by atoms with Gasteiger partial charge in [0.2, 0.25) is 0 Å². The van der Waals surface area contributed by atoms with Crippen LogP contribution < -0.4 is 10.5 Å². The fourth-order valence-corrected chi connectivity index (χ4v) is 2.45. The zero-order chi connectivity index (χ0) is 15.4. The van der Waals surface area contributed by atoms with E-state index >= 15 is 0 Å². The Morgan fingerprint density at radius 2 is 2.05 bits per heavy atom. The van der Waals surface area contributed by atoms with Crippen LogP contribution in [0.5, 0.6) is 11.5 Å². The molecule has 0 bridgehead atoms. The first-order valence-electron chi connectivity index (χ1n) is 6.66. The number of halogens is 3. The SMILES string of the molecule is CCC(N)Cc1ccc(Oc2cc(Br)ccc2F)cc1Cl. The Kier molecular flexibility index (Phi) is 5.62. The first-order chi connectivity index (χ1) is 9.99. The predicted molar refractivity (Wildman–Crippen MR) is 87.6 cm³/mol. The lowest BCUT2D eigenvalue weighted by Gasteiger charge is -2.12. The molecule has 0 spiro atoms. The van der Waals surface area contributed by atoms with Crippen molar-refractivity contribution < 1.29 is 9.13 Å². The van der Waals surface area contributed by atoms with Crippen LogP contribution in [0.3, 0.4) is 0 Å². The van der Waals surface area contributed by atoms with Gasteiger partial charge in [0.15, 0.2) is 11.6 Å². The molecule has 2 nitrogen and oxygen atoms in total. The molecule has 1 unspecified atom stereocenters. The highest BCUT2D eigenvalue weighted by Gasteiger charge is 2.09. The monoisotopic (exact) mass is 371 g/mol. The van der Waals surface area contributed by atoms with Crippen LogP contribution in [0.4, 0.5) is 4.39 Å². The number of benzene rings is 2. The average Bonchev–Trinajstić information content (AvgIpc) is 2.45. The van der Waals surface area contributed by atoms with E-state index in [2.05, 4.69) is 15.9 Å². The van der Waals surface area contributed by atoms with E-state index in [1.54, 1.807) is 24.3 Å². The Hall–Kier alpha value is -1.10. The van der Waals surface area contributed by atoms with Crippen molar-refractivity contribution in [1.82, 2.24) is 0 Å². The quantitative estimate of drug-likeness (QED) is 0.771. The summed E-state index contributed by atoms with van der Waals surface area (Å²) in [6.07, 6.45) is 1.60. The summed E-state index contributed by atoms with van der Waals surface area (Å²) in [6, 6.07) is 9.92. The number of rotatable bonds is 5. The van der Waals surface area contributed by atoms with Gasteiger partial charge in [-0.25, -0.2) is 4.39 Å². The number of ether oxygens (including phenoxy) is 1. The third kappa shape index (κ3) is 4.43. The van der Waals surface area contributed by atoms with Crippen LogP contribution in [-0.2, 0) is 6.42 Å². The first kappa shape index (κ1) is 16.3. The molecule has 2 N–H and O–H groups in total. The van der Waals surface area contributed by atoms with Crippen LogP contribution in [0.1, 0.15) is 18.9 Å². The van der Waals surface area contributed by atoms with Gasteiger partial charge in [-0.1, -0.05) is 40.5 Å². The molecular weight excluding hydrogens is 357 g/mol. The van der Waals surface area contributed by atoms with Gasteiger partial charge in [0.05, 0.1) is 0 Å². The molecule has 112 valence electrons. The highest BCUT2D eigenvalue weighted by Crippen LogP contribution is 2.30. The topological polar surface area (TPSA) is 35.2 Å². The summed E-state index contributed by atoms with van der Waals surface area (Å²) in [5, 5.41) is 0.576. The van der Waals surface area contributed by atoms with E-state index in [9.17, 15) is 4.39 Å². The van der Waals surface area contributed by atoms with Crippen molar-refractivity contribution in [2.24, 2.45) is 5.73 Å². The van der Waals surface area contributed by atoms with Gasteiger partial charge in [-0.2, -0.15) is 0 Å². The molecule has 2 rings (SSSR count). The van der Waals surface area contributed by atoms with Crippen LogP contribution in [0.25, 0.3) is 0 Å². The third-order valence-electron chi connectivity index (χ3n) is 3.15. The Bertz CT molecular complexity index is 636. The second-order valence-corrected chi connectivity index (χ2v) is 6.13. The number of hydrogen-bond acceptors (Lipinski definition) is 2. The van der Waals surface area contributed by atoms with E-state index < -0.39 is 5.82 Å². The molecule has 0 amide bonds. The standard InChI is InChI=1S/C16H16BrClFNO/c1-2-12(20)7-10-3-5-13(9-14(10)18)21-16-8-11(17)4-6-15(16)19/h3-6,8-9,12H,2,7,20H2,1H3. The minimum atomic E-state index is -0.425. The van der Waals surface area contributed by atoms with Crippen LogP contribution in [0.15, 0.2) is 40.9 Å². The molecule has 2 aromatic rings. The molecular formula is C16H16BrClFNO. The molecule has 0 heterocycles. The van der Waals surface area contributed by atoms with Crippen molar-refractivity contribution in [2.75, 3.05) is 0 Å². The van der Waals surface area contributed by atoms with E-state index in [-0.39, 0.29) is 11.8 Å². The molecule has 0 aliphatic heterocycles. The van der Waals surface area contributed by atoms with Gasteiger partial charge < -0.3 is 10.5 Å². The Labute approximate surface area is 137 Å². The molecule has 5 heteroatoms. The maximum absolute atomic E-state index is 13.7. The maximum Gasteiger partial charge on any atom is 0.165 e. The summed E-state index contributed by atoms with van der Waals surface area (Å²) in [7, 11) is 0. The third-order valence-corrected chi connectivity index (χ3v) is 4.00. The largest absolute Gasteiger partial charge is 0.454 e. The summed E-state index contributed by atoms with van der Waals surface area (Å²) in [5.74, 6) is 0.218. The van der Waals surface area contributed by atoms with E-state index in [1.807, 2.05) is 13.0 Å². The van der Waals surface area contributed by atoms with Gasteiger partial charge in [0.1, 0.15) is 5.75 Å². The number of nitrogens with two attached hydrogens (primary N) is 1. The lowest BCUT2D eigenvalue weighted by molar-refractivity contribution is 0.441. The van der Waals surface area contributed by atoms with Gasteiger partial charge in [0, 0.05) is 15.5 Å². The van der Waals surface area contributed by atoms with Gasteiger partial charge >= 0.3 is 0 Å². The molecule has 21 heavy (non-hydrogen) atoms. The second-order valence-electron chi connectivity index (χ2n) is 4.80. The van der Waals surface area contributed by atoms with E-state index in [4.69, 9.17) is 22.1 Å². The van der Waals surface area contributed by atoms with Crippen molar-refractivity contribution in [3.63, 3.8) is 0 Å². The average molecular weight is 373 g/mol. The molecule has 0 aromatic heterocycles. The molecule has 0 saturated heterocycles. The lowest BCUT2D eigenvalue weighted by atomic mass is 10.0. The smallest absolute Gasteiger partial charge is 0.165 e. The van der Waals surface area contributed by atoms with E-state index in [0.29, 0.717) is 17.2 Å². The van der Waals surface area contributed by atoms with Crippen LogP contribution in [-0.4, -0.2) is 6.04 Å². The van der Waals surface area contributed by atoms with Crippen molar-refractivity contribution in [3.05, 3.63) is 57.3 Å². The summed E-state index contributed by atoms with van der Waals surface area (Å²) in [4.78, 5) is 0. The van der Waals surface area contributed by atoms with Crippen LogP contribution in [0.2, 0.25) is 5.02 Å². The summed E-state index contributed by atoms with van der Waals surface area (Å²) >= 11 is 9.51. The second kappa shape index (κ2) is 7.25. The minimum absolute atomic E-state index is 0.0804. The minimum Gasteiger partial charge on any atom is -0.454 e. The van der Waals surface area contributed by atoms with Crippen molar-refractivity contribution in [1.29, 1.82) is 0 Å². The Morgan fingerprint density at radius 3 is 2.71 bits per heavy atom. The molecule has 0 saturated carbocycles.